The fraction of sp³-hybridized carbons (Fsp3) is 0.412. The molecule has 2 N–H and O–H groups in total. The average Bonchev–Trinajstić information content (AvgIpc) is 2.86. The van der Waals surface area contributed by atoms with Crippen molar-refractivity contribution in [3.63, 3.8) is 0 Å². The summed E-state index contributed by atoms with van der Waals surface area (Å²) in [6.45, 7) is 3.34. The van der Waals surface area contributed by atoms with Crippen molar-refractivity contribution < 1.29 is 4.74 Å². The van der Waals surface area contributed by atoms with Crippen LogP contribution in [-0.2, 0) is 13.1 Å². The van der Waals surface area contributed by atoms with Crippen molar-refractivity contribution in [3.8, 4) is 17.0 Å². The third kappa shape index (κ3) is 2.58. The molecular formula is C17H24N4O. The van der Waals surface area contributed by atoms with Gasteiger partial charge in [-0.3, -0.25) is 4.90 Å². The summed E-state index contributed by atoms with van der Waals surface area (Å²) >= 11 is 0. The van der Waals surface area contributed by atoms with Crippen LogP contribution in [0.4, 0.5) is 5.69 Å². The van der Waals surface area contributed by atoms with Gasteiger partial charge in [-0.05, 0) is 19.2 Å². The molecule has 1 aromatic carbocycles. The topological polar surface area (TPSA) is 46.7 Å². The first kappa shape index (κ1) is 14.9. The molecule has 0 amide bonds. The molecule has 0 saturated carbocycles. The first-order valence-corrected chi connectivity index (χ1v) is 7.60. The molecule has 0 bridgehead atoms. The molecular weight excluding hydrogens is 276 g/mol. The van der Waals surface area contributed by atoms with E-state index in [0.29, 0.717) is 6.54 Å². The fourth-order valence-electron chi connectivity index (χ4n) is 3.25. The second-order valence-corrected chi connectivity index (χ2v) is 5.91. The molecule has 3 rings (SSSR count). The highest BCUT2D eigenvalue weighted by Crippen LogP contribution is 2.37. The number of fused-ring (bicyclic) bond motifs is 1. The number of hydrogen-bond donors (Lipinski definition) is 1. The molecule has 5 nitrogen and oxygen atoms in total. The quantitative estimate of drug-likeness (QED) is 0.937. The lowest BCUT2D eigenvalue weighted by atomic mass is 10.0. The minimum absolute atomic E-state index is 0.629. The number of rotatable bonds is 4. The first-order chi connectivity index (χ1) is 10.6. The predicted molar refractivity (Wildman–Crippen MR) is 90.2 cm³/mol. The Labute approximate surface area is 131 Å². The smallest absolute Gasteiger partial charge is 0.119 e. The van der Waals surface area contributed by atoms with E-state index in [2.05, 4.69) is 46.8 Å². The molecule has 1 aliphatic rings. The van der Waals surface area contributed by atoms with Crippen molar-refractivity contribution in [1.82, 2.24) is 9.47 Å². The zero-order valence-corrected chi connectivity index (χ0v) is 13.5. The number of aromatic nitrogens is 1. The molecule has 0 atom stereocenters. The van der Waals surface area contributed by atoms with Crippen LogP contribution in [0.5, 0.6) is 5.75 Å². The van der Waals surface area contributed by atoms with Gasteiger partial charge in [0.1, 0.15) is 5.75 Å². The van der Waals surface area contributed by atoms with Crippen molar-refractivity contribution in [3.05, 3.63) is 36.0 Å². The van der Waals surface area contributed by atoms with Gasteiger partial charge in [0.2, 0.25) is 0 Å². The van der Waals surface area contributed by atoms with Crippen LogP contribution in [0.15, 0.2) is 30.5 Å². The van der Waals surface area contributed by atoms with Gasteiger partial charge in [-0.1, -0.05) is 12.1 Å². The van der Waals surface area contributed by atoms with Crippen molar-refractivity contribution in [2.24, 2.45) is 5.73 Å². The van der Waals surface area contributed by atoms with E-state index < -0.39 is 0 Å². The summed E-state index contributed by atoms with van der Waals surface area (Å²) in [5, 5.41) is 0. The van der Waals surface area contributed by atoms with Gasteiger partial charge in [0, 0.05) is 44.0 Å². The van der Waals surface area contributed by atoms with E-state index in [1.165, 1.54) is 22.5 Å². The maximum atomic E-state index is 5.81. The molecule has 0 saturated heterocycles. The van der Waals surface area contributed by atoms with Gasteiger partial charge in [-0.15, -0.1) is 0 Å². The summed E-state index contributed by atoms with van der Waals surface area (Å²) in [5.41, 5.74) is 10.9. The Balaban J connectivity index is 2.16. The molecule has 118 valence electrons. The summed E-state index contributed by atoms with van der Waals surface area (Å²) in [5.74, 6) is 0.879. The number of benzene rings is 1. The molecule has 0 radical (unpaired) electrons. The van der Waals surface area contributed by atoms with E-state index in [1.807, 2.05) is 12.1 Å². The van der Waals surface area contributed by atoms with Crippen molar-refractivity contribution in [2.75, 3.05) is 39.3 Å². The third-order valence-corrected chi connectivity index (χ3v) is 4.17. The van der Waals surface area contributed by atoms with E-state index in [1.54, 1.807) is 7.11 Å². The van der Waals surface area contributed by atoms with Gasteiger partial charge in [0.05, 0.1) is 25.2 Å². The second-order valence-electron chi connectivity index (χ2n) is 5.91. The average molecular weight is 300 g/mol. The zero-order valence-electron chi connectivity index (χ0n) is 13.5. The minimum atomic E-state index is 0.629. The molecule has 2 heterocycles. The van der Waals surface area contributed by atoms with Crippen LogP contribution in [0.25, 0.3) is 11.3 Å². The molecule has 22 heavy (non-hydrogen) atoms. The monoisotopic (exact) mass is 300 g/mol. The normalized spacial score (nSPS) is 15.0. The Morgan fingerprint density at radius 2 is 2.09 bits per heavy atom. The lowest BCUT2D eigenvalue weighted by molar-refractivity contribution is 0.317. The van der Waals surface area contributed by atoms with Gasteiger partial charge < -0.3 is 19.9 Å². The van der Waals surface area contributed by atoms with Crippen molar-refractivity contribution in [2.45, 2.75) is 13.1 Å². The third-order valence-electron chi connectivity index (χ3n) is 4.17. The van der Waals surface area contributed by atoms with Gasteiger partial charge in [0.25, 0.3) is 0 Å². The van der Waals surface area contributed by atoms with Crippen LogP contribution in [0.2, 0.25) is 0 Å². The maximum Gasteiger partial charge on any atom is 0.119 e. The van der Waals surface area contributed by atoms with E-state index in [-0.39, 0.29) is 0 Å². The molecule has 5 heteroatoms. The minimum Gasteiger partial charge on any atom is -0.497 e. The van der Waals surface area contributed by atoms with Gasteiger partial charge >= 0.3 is 0 Å². The fourth-order valence-corrected chi connectivity index (χ4v) is 3.25. The summed E-state index contributed by atoms with van der Waals surface area (Å²) < 4.78 is 7.66. The van der Waals surface area contributed by atoms with Gasteiger partial charge in [0.15, 0.2) is 0 Å². The largest absolute Gasteiger partial charge is 0.497 e. The summed E-state index contributed by atoms with van der Waals surface area (Å²) in [4.78, 5) is 4.61. The summed E-state index contributed by atoms with van der Waals surface area (Å²) in [6, 6.07) is 8.25. The number of nitrogens with zero attached hydrogens (tertiary/aromatic N) is 3. The number of anilines is 1. The van der Waals surface area contributed by atoms with E-state index in [4.69, 9.17) is 10.5 Å². The first-order valence-electron chi connectivity index (χ1n) is 7.60. The lowest BCUT2D eigenvalue weighted by Crippen LogP contribution is -2.37. The van der Waals surface area contributed by atoms with Crippen LogP contribution < -0.4 is 15.4 Å². The van der Waals surface area contributed by atoms with Crippen LogP contribution in [0.3, 0.4) is 0 Å². The van der Waals surface area contributed by atoms with E-state index in [9.17, 15) is 0 Å². The number of methoxy groups -OCH3 is 1. The Morgan fingerprint density at radius 1 is 1.27 bits per heavy atom. The molecule has 0 unspecified atom stereocenters. The molecule has 2 aromatic rings. The van der Waals surface area contributed by atoms with Crippen LogP contribution in [0.1, 0.15) is 5.56 Å². The number of hydrogen-bond acceptors (Lipinski definition) is 4. The predicted octanol–water partition coefficient (Wildman–Crippen LogP) is 1.96. The standard InChI is InChI=1S/C17H24N4O/c1-19-10-15-16(20(2)12-19)11-21(8-7-18)17(15)13-5-4-6-14(9-13)22-3/h4-6,9,11H,7-8,10,12,18H2,1-3H3. The Hall–Kier alpha value is -1.98. The summed E-state index contributed by atoms with van der Waals surface area (Å²) in [7, 11) is 5.99. The molecule has 1 aliphatic heterocycles. The molecule has 1 aromatic heterocycles. The Morgan fingerprint density at radius 3 is 2.82 bits per heavy atom. The number of nitrogens with two attached hydrogens (primary N) is 1. The molecule has 0 fully saturated rings. The van der Waals surface area contributed by atoms with Crippen LogP contribution in [-0.4, -0.2) is 43.9 Å². The number of ether oxygens (including phenoxy) is 1. The summed E-state index contributed by atoms with van der Waals surface area (Å²) in [6.07, 6.45) is 2.23. The molecule has 0 spiro atoms. The Bertz CT molecular complexity index is 665. The highest BCUT2D eigenvalue weighted by Gasteiger charge is 2.25. The van der Waals surface area contributed by atoms with Crippen molar-refractivity contribution >= 4 is 5.69 Å². The SMILES string of the molecule is COc1cccc(-c2c3c(cn2CCN)N(C)CN(C)C3)c1. The van der Waals surface area contributed by atoms with E-state index in [0.717, 1.165) is 25.5 Å². The van der Waals surface area contributed by atoms with Crippen LogP contribution >= 0.6 is 0 Å². The second kappa shape index (κ2) is 6.02. The molecule has 0 aliphatic carbocycles. The van der Waals surface area contributed by atoms with Gasteiger partial charge in [-0.25, -0.2) is 0 Å². The van der Waals surface area contributed by atoms with E-state index >= 15 is 0 Å². The van der Waals surface area contributed by atoms with Crippen LogP contribution in [0, 0.1) is 0 Å². The highest BCUT2D eigenvalue weighted by atomic mass is 16.5. The maximum absolute atomic E-state index is 5.81. The lowest BCUT2D eigenvalue weighted by Gasteiger charge is -2.32. The highest BCUT2D eigenvalue weighted by molar-refractivity contribution is 5.74. The van der Waals surface area contributed by atoms with Gasteiger partial charge in [-0.2, -0.15) is 0 Å². The van der Waals surface area contributed by atoms with Crippen molar-refractivity contribution in [1.29, 1.82) is 0 Å². The zero-order chi connectivity index (χ0) is 15.7. The Kier molecular flexibility index (Phi) is 4.09.